The zero-order valence-corrected chi connectivity index (χ0v) is 39.4. The van der Waals surface area contributed by atoms with Gasteiger partial charge >= 0.3 is 0 Å². The van der Waals surface area contributed by atoms with Crippen LogP contribution in [-0.2, 0) is 18.4 Å². The van der Waals surface area contributed by atoms with E-state index in [0.717, 1.165) is 44.9 Å². The summed E-state index contributed by atoms with van der Waals surface area (Å²) in [5.74, 6) is -0.217. The number of hydrogen-bond acceptors (Lipinski definition) is 6. The lowest BCUT2D eigenvalue weighted by Gasteiger charge is -2.29. The topological polar surface area (TPSA) is 108 Å². The molecule has 1 amide bonds. The van der Waals surface area contributed by atoms with Crippen LogP contribution in [-0.4, -0.2) is 68.5 Å². The largest absolute Gasteiger partial charge is 0.756 e. The second-order valence-electron chi connectivity index (χ2n) is 17.4. The Hall–Kier alpha value is -1.54. The van der Waals surface area contributed by atoms with Crippen LogP contribution in [0.2, 0.25) is 0 Å². The number of quaternary nitrogens is 1. The molecule has 3 atom stereocenters. The molecule has 8 nitrogen and oxygen atoms in total. The second kappa shape index (κ2) is 40.8. The van der Waals surface area contributed by atoms with Crippen LogP contribution in [0.25, 0.3) is 0 Å². The third kappa shape index (κ3) is 42.6. The van der Waals surface area contributed by atoms with E-state index in [9.17, 15) is 19.4 Å². The van der Waals surface area contributed by atoms with Crippen LogP contribution in [0.1, 0.15) is 206 Å². The molecule has 0 aliphatic carbocycles. The van der Waals surface area contributed by atoms with Crippen molar-refractivity contribution < 1.29 is 32.9 Å². The lowest BCUT2D eigenvalue weighted by molar-refractivity contribution is -0.870. The average Bonchev–Trinajstić information content (AvgIpc) is 3.17. The molecule has 9 heteroatoms. The van der Waals surface area contributed by atoms with Crippen LogP contribution in [0.5, 0.6) is 0 Å². The molecule has 0 aliphatic rings. The van der Waals surface area contributed by atoms with E-state index < -0.39 is 26.6 Å². The minimum Gasteiger partial charge on any atom is -0.756 e. The number of nitrogens with zero attached hydrogens (tertiary/aromatic N) is 1. The van der Waals surface area contributed by atoms with Gasteiger partial charge in [0.15, 0.2) is 0 Å². The summed E-state index contributed by atoms with van der Waals surface area (Å²) >= 11 is 0. The van der Waals surface area contributed by atoms with E-state index in [0.29, 0.717) is 17.4 Å². The first-order valence-corrected chi connectivity index (χ1v) is 25.5. The van der Waals surface area contributed by atoms with Crippen molar-refractivity contribution in [1.29, 1.82) is 0 Å². The summed E-state index contributed by atoms with van der Waals surface area (Å²) in [7, 11) is 1.23. The quantitative estimate of drug-likeness (QED) is 0.0274. The predicted molar refractivity (Wildman–Crippen MR) is 247 cm³/mol. The number of phosphoric ester groups is 1. The Labute approximate surface area is 359 Å². The number of carbonyl (C=O) groups excluding carboxylic acids is 1. The number of aliphatic hydroxyl groups excluding tert-OH is 1. The van der Waals surface area contributed by atoms with Crippen LogP contribution in [0, 0.1) is 0 Å². The summed E-state index contributed by atoms with van der Waals surface area (Å²) < 4.78 is 23.2. The molecule has 0 rings (SSSR count). The number of hydrogen-bond donors (Lipinski definition) is 2. The zero-order chi connectivity index (χ0) is 42.8. The molecule has 0 aromatic carbocycles. The molecule has 340 valence electrons. The van der Waals surface area contributed by atoms with Crippen LogP contribution in [0.4, 0.5) is 0 Å². The van der Waals surface area contributed by atoms with E-state index in [1.165, 1.54) is 141 Å². The van der Waals surface area contributed by atoms with Crippen molar-refractivity contribution in [3.63, 3.8) is 0 Å². The molecule has 0 heterocycles. The lowest BCUT2D eigenvalue weighted by atomic mass is 10.1. The first-order chi connectivity index (χ1) is 28.0. The van der Waals surface area contributed by atoms with E-state index in [1.54, 1.807) is 6.08 Å². The summed E-state index contributed by atoms with van der Waals surface area (Å²) in [6.45, 7) is 4.60. The number of unbranched alkanes of at least 4 members (excludes halogenated alkanes) is 24. The van der Waals surface area contributed by atoms with Gasteiger partial charge < -0.3 is 28.8 Å². The molecule has 3 unspecified atom stereocenters. The van der Waals surface area contributed by atoms with E-state index in [1.807, 2.05) is 27.2 Å². The maximum atomic E-state index is 12.9. The molecule has 0 saturated carbocycles. The fraction of sp³-hybridized carbons (Fsp3) is 0.816. The van der Waals surface area contributed by atoms with Gasteiger partial charge in [0.05, 0.1) is 39.9 Å². The maximum Gasteiger partial charge on any atom is 0.268 e. The van der Waals surface area contributed by atoms with Gasteiger partial charge in [-0.3, -0.25) is 9.36 Å². The Balaban J connectivity index is 4.40. The highest BCUT2D eigenvalue weighted by atomic mass is 31.2. The highest BCUT2D eigenvalue weighted by Crippen LogP contribution is 2.38. The molecule has 58 heavy (non-hydrogen) atoms. The van der Waals surface area contributed by atoms with Crippen molar-refractivity contribution in [1.82, 2.24) is 5.32 Å². The Kier molecular flexibility index (Phi) is 39.8. The van der Waals surface area contributed by atoms with Crippen LogP contribution in [0.3, 0.4) is 0 Å². The molecule has 0 aromatic rings. The zero-order valence-electron chi connectivity index (χ0n) is 38.5. The number of rotatable bonds is 43. The van der Waals surface area contributed by atoms with Gasteiger partial charge in [0.25, 0.3) is 7.82 Å². The minimum atomic E-state index is -4.60. The molecule has 0 radical (unpaired) electrons. The highest BCUT2D eigenvalue weighted by molar-refractivity contribution is 7.45. The third-order valence-corrected chi connectivity index (χ3v) is 11.5. The molecule has 0 fully saturated rings. The minimum absolute atomic E-state index is 0.0107. The van der Waals surface area contributed by atoms with Crippen molar-refractivity contribution in [3.05, 3.63) is 48.6 Å². The van der Waals surface area contributed by atoms with E-state index in [2.05, 4.69) is 55.6 Å². The molecule has 0 bridgehead atoms. The van der Waals surface area contributed by atoms with Gasteiger partial charge in [-0.2, -0.15) is 0 Å². The number of amides is 1. The fourth-order valence-corrected chi connectivity index (χ4v) is 7.37. The molecule has 2 N–H and O–H groups in total. The van der Waals surface area contributed by atoms with Crippen LogP contribution < -0.4 is 10.2 Å². The Bertz CT molecular complexity index is 1090. The van der Waals surface area contributed by atoms with Gasteiger partial charge in [-0.1, -0.05) is 178 Å². The monoisotopic (exact) mass is 837 g/mol. The molecule has 0 aromatic heterocycles. The molecular formula is C49H93N2O6P. The van der Waals surface area contributed by atoms with E-state index >= 15 is 0 Å². The Morgan fingerprint density at radius 3 is 1.40 bits per heavy atom. The highest BCUT2D eigenvalue weighted by Gasteiger charge is 2.23. The van der Waals surface area contributed by atoms with Gasteiger partial charge in [0.2, 0.25) is 5.91 Å². The second-order valence-corrected chi connectivity index (χ2v) is 18.8. The summed E-state index contributed by atoms with van der Waals surface area (Å²) in [5.41, 5.74) is 0. The van der Waals surface area contributed by atoms with Crippen molar-refractivity contribution in [2.45, 2.75) is 219 Å². The van der Waals surface area contributed by atoms with Crippen molar-refractivity contribution in [2.75, 3.05) is 40.9 Å². The van der Waals surface area contributed by atoms with E-state index in [-0.39, 0.29) is 12.5 Å². The van der Waals surface area contributed by atoms with Gasteiger partial charge in [0.1, 0.15) is 13.2 Å². The van der Waals surface area contributed by atoms with Crippen molar-refractivity contribution >= 4 is 13.7 Å². The number of nitrogens with one attached hydrogen (secondary N) is 1. The number of phosphoric acid groups is 1. The van der Waals surface area contributed by atoms with Gasteiger partial charge in [0, 0.05) is 6.42 Å². The number of likely N-dealkylation sites (N-methyl/N-ethyl adjacent to an activating group) is 1. The van der Waals surface area contributed by atoms with Crippen LogP contribution >= 0.6 is 7.82 Å². The summed E-state index contributed by atoms with van der Waals surface area (Å²) in [4.78, 5) is 25.3. The standard InChI is InChI=1S/C49H93N2O6P/c1-6-8-10-12-14-16-18-20-22-23-24-25-26-27-29-31-33-35-37-39-41-43-49(53)50-47(46-57-58(54,55)56-45-44-51(3,4)5)48(52)42-40-38-36-34-32-30-28-21-19-17-15-13-11-9-7-2/h19,21,25-26,32,34,40,42,47-48,52H,6-18,20,22-24,27-31,33,35-39,41,43-46H2,1-5H3,(H-,50,53,54,55)/b21-19+,26-25-,34-32+,42-40+. The maximum absolute atomic E-state index is 12.9. The number of allylic oxidation sites excluding steroid dienone is 7. The summed E-state index contributed by atoms with van der Waals surface area (Å²) in [5, 5.41) is 13.8. The van der Waals surface area contributed by atoms with Gasteiger partial charge in [-0.25, -0.2) is 0 Å². The van der Waals surface area contributed by atoms with Crippen molar-refractivity contribution in [2.24, 2.45) is 0 Å². The SMILES string of the molecule is CCCCCCC/C=C/CC/C=C/CC/C=C/C(O)C(COP(=O)([O-])OCC[N+](C)(C)C)NC(=O)CCCCCCCCC/C=C\CCCCCCCCCCCC. The predicted octanol–water partition coefficient (Wildman–Crippen LogP) is 13.0. The lowest BCUT2D eigenvalue weighted by Crippen LogP contribution is -2.45. The average molecular weight is 837 g/mol. The first-order valence-electron chi connectivity index (χ1n) is 24.0. The number of aliphatic hydroxyl groups is 1. The molecular weight excluding hydrogens is 744 g/mol. The Morgan fingerprint density at radius 1 is 0.586 bits per heavy atom. The molecule has 0 saturated heterocycles. The van der Waals surface area contributed by atoms with Crippen LogP contribution in [0.15, 0.2) is 48.6 Å². The summed E-state index contributed by atoms with van der Waals surface area (Å²) in [6, 6.07) is -0.911. The van der Waals surface area contributed by atoms with E-state index in [4.69, 9.17) is 9.05 Å². The van der Waals surface area contributed by atoms with Gasteiger partial charge in [-0.15, -0.1) is 0 Å². The number of carbonyl (C=O) groups is 1. The summed E-state index contributed by atoms with van der Waals surface area (Å²) in [6.07, 6.45) is 51.6. The van der Waals surface area contributed by atoms with Gasteiger partial charge in [-0.05, 0) is 70.6 Å². The van der Waals surface area contributed by atoms with Crippen molar-refractivity contribution in [3.8, 4) is 0 Å². The normalized spacial score (nSPS) is 14.7. The smallest absolute Gasteiger partial charge is 0.268 e. The molecule has 0 aliphatic heterocycles. The first kappa shape index (κ1) is 56.5. The third-order valence-electron chi connectivity index (χ3n) is 10.5. The fourth-order valence-electron chi connectivity index (χ4n) is 6.65. The molecule has 0 spiro atoms. The Morgan fingerprint density at radius 2 is 0.966 bits per heavy atom.